The van der Waals surface area contributed by atoms with Gasteiger partial charge in [-0.05, 0) is 42.3 Å². The van der Waals surface area contributed by atoms with Crippen molar-refractivity contribution in [3.05, 3.63) is 58.6 Å². The SMILES string of the molecule is COC(=O)c1ccc(Cl)c(NC(=O)c2cccc(OCC(C)C)c2)c1. The van der Waals surface area contributed by atoms with Crippen LogP contribution in [0.25, 0.3) is 0 Å². The molecule has 0 aliphatic carbocycles. The van der Waals surface area contributed by atoms with Crippen LogP contribution in [-0.2, 0) is 4.74 Å². The van der Waals surface area contributed by atoms with Crippen molar-refractivity contribution in [2.75, 3.05) is 19.0 Å². The summed E-state index contributed by atoms with van der Waals surface area (Å²) in [6.45, 7) is 4.66. The molecule has 0 unspecified atom stereocenters. The quantitative estimate of drug-likeness (QED) is 0.774. The highest BCUT2D eigenvalue weighted by Gasteiger charge is 2.13. The summed E-state index contributed by atoms with van der Waals surface area (Å²) in [5.74, 6) is 0.156. The predicted molar refractivity (Wildman–Crippen MR) is 97.5 cm³/mol. The number of anilines is 1. The van der Waals surface area contributed by atoms with Gasteiger partial charge in [0.15, 0.2) is 0 Å². The minimum atomic E-state index is -0.503. The largest absolute Gasteiger partial charge is 0.493 e. The summed E-state index contributed by atoms with van der Waals surface area (Å²) >= 11 is 6.10. The first-order valence-corrected chi connectivity index (χ1v) is 8.20. The first-order chi connectivity index (χ1) is 11.9. The van der Waals surface area contributed by atoms with Crippen molar-refractivity contribution in [1.29, 1.82) is 0 Å². The van der Waals surface area contributed by atoms with Crippen molar-refractivity contribution in [2.24, 2.45) is 5.92 Å². The summed E-state index contributed by atoms with van der Waals surface area (Å²) < 4.78 is 10.3. The molecule has 0 aliphatic rings. The molecule has 2 aromatic rings. The Labute approximate surface area is 151 Å². The number of hydrogen-bond donors (Lipinski definition) is 1. The lowest BCUT2D eigenvalue weighted by atomic mass is 10.1. The maximum absolute atomic E-state index is 12.5. The molecule has 132 valence electrons. The van der Waals surface area contributed by atoms with Gasteiger partial charge in [0.2, 0.25) is 0 Å². The molecule has 0 radical (unpaired) electrons. The molecule has 0 aliphatic heterocycles. The zero-order valence-corrected chi connectivity index (χ0v) is 15.1. The van der Waals surface area contributed by atoms with E-state index < -0.39 is 5.97 Å². The lowest BCUT2D eigenvalue weighted by molar-refractivity contribution is 0.0600. The summed E-state index contributed by atoms with van der Waals surface area (Å²) in [5.41, 5.74) is 1.07. The Morgan fingerprint density at radius 1 is 1.12 bits per heavy atom. The molecule has 0 saturated carbocycles. The molecule has 0 atom stereocenters. The number of hydrogen-bond acceptors (Lipinski definition) is 4. The molecule has 1 N–H and O–H groups in total. The predicted octanol–water partition coefficient (Wildman–Crippen LogP) is 4.41. The number of benzene rings is 2. The van der Waals surface area contributed by atoms with Gasteiger partial charge in [-0.2, -0.15) is 0 Å². The molecule has 0 spiro atoms. The fourth-order valence-corrected chi connectivity index (χ4v) is 2.22. The summed E-state index contributed by atoms with van der Waals surface area (Å²) in [6.07, 6.45) is 0. The van der Waals surface area contributed by atoms with Crippen molar-refractivity contribution in [3.63, 3.8) is 0 Å². The van der Waals surface area contributed by atoms with Crippen LogP contribution in [0.1, 0.15) is 34.6 Å². The Kier molecular flexibility index (Phi) is 6.42. The Morgan fingerprint density at radius 3 is 2.56 bits per heavy atom. The zero-order valence-electron chi connectivity index (χ0n) is 14.3. The average molecular weight is 362 g/mol. The Hall–Kier alpha value is -2.53. The summed E-state index contributed by atoms with van der Waals surface area (Å²) in [6, 6.07) is 11.4. The maximum Gasteiger partial charge on any atom is 0.337 e. The topological polar surface area (TPSA) is 64.6 Å². The molecule has 0 fully saturated rings. The minimum Gasteiger partial charge on any atom is -0.493 e. The molecule has 0 aromatic heterocycles. The van der Waals surface area contributed by atoms with Gasteiger partial charge in [0.25, 0.3) is 5.91 Å². The number of amides is 1. The van der Waals surface area contributed by atoms with Crippen molar-refractivity contribution in [2.45, 2.75) is 13.8 Å². The highest BCUT2D eigenvalue weighted by Crippen LogP contribution is 2.24. The van der Waals surface area contributed by atoms with E-state index in [0.29, 0.717) is 40.1 Å². The molecular weight excluding hydrogens is 342 g/mol. The van der Waals surface area contributed by atoms with Gasteiger partial charge in [-0.15, -0.1) is 0 Å². The van der Waals surface area contributed by atoms with Gasteiger partial charge in [-0.3, -0.25) is 4.79 Å². The van der Waals surface area contributed by atoms with Gasteiger partial charge in [-0.25, -0.2) is 4.79 Å². The molecule has 25 heavy (non-hydrogen) atoms. The van der Waals surface area contributed by atoms with Crippen LogP contribution in [0.4, 0.5) is 5.69 Å². The van der Waals surface area contributed by atoms with Crippen LogP contribution in [0.3, 0.4) is 0 Å². The first-order valence-electron chi connectivity index (χ1n) is 7.82. The number of rotatable bonds is 6. The highest BCUT2D eigenvalue weighted by molar-refractivity contribution is 6.34. The molecule has 0 heterocycles. The lowest BCUT2D eigenvalue weighted by Crippen LogP contribution is -2.13. The Morgan fingerprint density at radius 2 is 1.88 bits per heavy atom. The molecule has 5 nitrogen and oxygen atoms in total. The van der Waals surface area contributed by atoms with Crippen LogP contribution in [0.5, 0.6) is 5.75 Å². The second kappa shape index (κ2) is 8.53. The Bertz CT molecular complexity index is 774. The van der Waals surface area contributed by atoms with Gasteiger partial charge < -0.3 is 14.8 Å². The van der Waals surface area contributed by atoms with E-state index in [4.69, 9.17) is 16.3 Å². The molecule has 2 rings (SSSR count). The molecule has 0 saturated heterocycles. The molecule has 1 amide bonds. The molecule has 0 bridgehead atoms. The molecule has 6 heteroatoms. The van der Waals surface area contributed by atoms with E-state index in [1.54, 1.807) is 24.3 Å². The van der Waals surface area contributed by atoms with E-state index in [9.17, 15) is 9.59 Å². The zero-order chi connectivity index (χ0) is 18.4. The summed E-state index contributed by atoms with van der Waals surface area (Å²) in [7, 11) is 1.29. The number of carbonyl (C=O) groups is 2. The second-order valence-electron chi connectivity index (χ2n) is 5.87. The van der Waals surface area contributed by atoms with E-state index in [2.05, 4.69) is 10.1 Å². The minimum absolute atomic E-state index is 0.302. The number of ether oxygens (including phenoxy) is 2. The Balaban J connectivity index is 2.17. The van der Waals surface area contributed by atoms with Crippen molar-refractivity contribution >= 4 is 29.2 Å². The molecular formula is C19H20ClNO4. The van der Waals surface area contributed by atoms with Crippen LogP contribution < -0.4 is 10.1 Å². The lowest BCUT2D eigenvalue weighted by Gasteiger charge is -2.11. The number of esters is 1. The fourth-order valence-electron chi connectivity index (χ4n) is 2.05. The standard InChI is InChI=1S/C19H20ClNO4/c1-12(2)11-25-15-6-4-5-13(9-15)18(22)21-17-10-14(19(23)24-3)7-8-16(17)20/h4-10,12H,11H2,1-3H3,(H,21,22). The van der Waals surface area contributed by atoms with Crippen LogP contribution in [-0.4, -0.2) is 25.6 Å². The number of methoxy groups -OCH3 is 1. The third kappa shape index (κ3) is 5.22. The van der Waals surface area contributed by atoms with E-state index in [0.717, 1.165) is 0 Å². The van der Waals surface area contributed by atoms with Crippen molar-refractivity contribution in [3.8, 4) is 5.75 Å². The van der Waals surface area contributed by atoms with Crippen LogP contribution in [0.2, 0.25) is 5.02 Å². The van der Waals surface area contributed by atoms with E-state index in [1.807, 2.05) is 13.8 Å². The van der Waals surface area contributed by atoms with Crippen LogP contribution in [0.15, 0.2) is 42.5 Å². The van der Waals surface area contributed by atoms with E-state index >= 15 is 0 Å². The second-order valence-corrected chi connectivity index (χ2v) is 6.28. The monoisotopic (exact) mass is 361 g/mol. The average Bonchev–Trinajstić information content (AvgIpc) is 2.61. The molecule has 2 aromatic carbocycles. The maximum atomic E-state index is 12.5. The third-order valence-corrected chi connectivity index (χ3v) is 3.64. The highest BCUT2D eigenvalue weighted by atomic mass is 35.5. The number of nitrogens with one attached hydrogen (secondary N) is 1. The van der Waals surface area contributed by atoms with Gasteiger partial charge in [0, 0.05) is 5.56 Å². The van der Waals surface area contributed by atoms with Gasteiger partial charge >= 0.3 is 5.97 Å². The van der Waals surface area contributed by atoms with Crippen LogP contribution in [0, 0.1) is 5.92 Å². The van der Waals surface area contributed by atoms with Gasteiger partial charge in [0.05, 0.1) is 30.0 Å². The van der Waals surface area contributed by atoms with Gasteiger partial charge in [0.1, 0.15) is 5.75 Å². The number of halogens is 1. The summed E-state index contributed by atoms with van der Waals surface area (Å²) in [5, 5.41) is 3.03. The smallest absolute Gasteiger partial charge is 0.337 e. The van der Waals surface area contributed by atoms with Crippen molar-refractivity contribution in [1.82, 2.24) is 0 Å². The van der Waals surface area contributed by atoms with E-state index in [1.165, 1.54) is 25.3 Å². The van der Waals surface area contributed by atoms with Crippen molar-refractivity contribution < 1.29 is 19.1 Å². The first kappa shape index (κ1) is 18.8. The van der Waals surface area contributed by atoms with E-state index in [-0.39, 0.29) is 5.91 Å². The summed E-state index contributed by atoms with van der Waals surface area (Å²) in [4.78, 5) is 24.1. The third-order valence-electron chi connectivity index (χ3n) is 3.32. The van der Waals surface area contributed by atoms with Crippen LogP contribution >= 0.6 is 11.6 Å². The normalized spacial score (nSPS) is 10.4. The fraction of sp³-hybridized carbons (Fsp3) is 0.263. The van der Waals surface area contributed by atoms with Gasteiger partial charge in [-0.1, -0.05) is 31.5 Å². The number of carbonyl (C=O) groups excluding carboxylic acids is 2.